The molecule has 0 amide bonds. The van der Waals surface area contributed by atoms with Crippen LogP contribution in [0.4, 0.5) is 17.1 Å². The maximum Gasteiger partial charge on any atom is 0.0555 e. The molecule has 9 aromatic carbocycles. The maximum atomic E-state index is 2.53. The Bertz CT molecular complexity index is 3200. The molecule has 2 heterocycles. The molecule has 0 radical (unpaired) electrons. The van der Waals surface area contributed by atoms with Gasteiger partial charge in [-0.15, -0.1) is 22.7 Å². The van der Waals surface area contributed by atoms with Gasteiger partial charge in [0, 0.05) is 46.0 Å². The fourth-order valence-corrected chi connectivity index (χ4v) is 10.7. The van der Waals surface area contributed by atoms with E-state index in [-0.39, 0.29) is 0 Å². The maximum absolute atomic E-state index is 2.53. The Morgan fingerprint density at radius 2 is 0.909 bits per heavy atom. The summed E-state index contributed by atoms with van der Waals surface area (Å²) in [5.74, 6) is 0. The number of anilines is 3. The minimum atomic E-state index is 1.14. The number of nitrogens with zero attached hydrogens (tertiary/aromatic N) is 1. The molecule has 3 heteroatoms. The monoisotopic (exact) mass is 735 g/mol. The van der Waals surface area contributed by atoms with Crippen LogP contribution in [0.2, 0.25) is 0 Å². The molecule has 0 aliphatic carbocycles. The molecule has 258 valence electrons. The van der Waals surface area contributed by atoms with Crippen molar-refractivity contribution in [3.8, 4) is 33.4 Å². The molecule has 0 spiro atoms. The highest BCUT2D eigenvalue weighted by Gasteiger charge is 2.24. The minimum absolute atomic E-state index is 1.14. The van der Waals surface area contributed by atoms with E-state index in [1.165, 1.54) is 95.9 Å². The lowest BCUT2D eigenvalue weighted by molar-refractivity contribution is 1.33. The van der Waals surface area contributed by atoms with Gasteiger partial charge < -0.3 is 4.90 Å². The van der Waals surface area contributed by atoms with Crippen molar-refractivity contribution in [3.63, 3.8) is 0 Å². The first kappa shape index (κ1) is 32.0. The fraction of sp³-hybridized carbons (Fsp3) is 0. The Balaban J connectivity index is 1.21. The van der Waals surface area contributed by atoms with E-state index in [1.54, 1.807) is 0 Å². The second kappa shape index (κ2) is 13.1. The van der Waals surface area contributed by atoms with Gasteiger partial charge in [-0.05, 0) is 86.6 Å². The van der Waals surface area contributed by atoms with Crippen molar-refractivity contribution in [3.05, 3.63) is 200 Å². The Labute approximate surface area is 327 Å². The van der Waals surface area contributed by atoms with Gasteiger partial charge in [-0.25, -0.2) is 0 Å². The highest BCUT2D eigenvalue weighted by atomic mass is 32.1. The molecule has 11 rings (SSSR count). The Kier molecular flexibility index (Phi) is 7.61. The lowest BCUT2D eigenvalue weighted by Crippen LogP contribution is -2.11. The number of hydrogen-bond donors (Lipinski definition) is 0. The van der Waals surface area contributed by atoms with E-state index in [4.69, 9.17) is 0 Å². The second-order valence-electron chi connectivity index (χ2n) is 14.1. The first-order chi connectivity index (χ1) is 27.3. The van der Waals surface area contributed by atoms with Crippen LogP contribution >= 0.6 is 22.7 Å². The molecule has 0 aliphatic heterocycles. The number of thiophene rings is 2. The number of benzene rings is 9. The zero-order valence-electron chi connectivity index (χ0n) is 29.8. The second-order valence-corrected chi connectivity index (χ2v) is 16.2. The SMILES string of the molecule is c1ccc(-c2ccc3c(c2)sc2cccc(N(c4ccc5ccccc5c4)c4ccc(-c5ccccc5)c5sc6cc(-c7ccccc7)ccc6c45)c23)cc1. The smallest absolute Gasteiger partial charge is 0.0555 e. The topological polar surface area (TPSA) is 3.24 Å². The van der Waals surface area contributed by atoms with E-state index in [9.17, 15) is 0 Å². The standard InChI is InChI=1S/C52H33NS2/c1-4-13-34(14-5-1)39-24-27-43-48(32-39)54-47-22-12-21-45(50(43)47)53(41-26-23-36-17-10-11-20-38(36)31-41)46-30-29-42(37-18-8-3-9-19-37)52-51(46)44-28-25-40(33-49(44)55-52)35-15-6-2-7-16-35/h1-33H. The minimum Gasteiger partial charge on any atom is -0.309 e. The van der Waals surface area contributed by atoms with Gasteiger partial charge in [0.1, 0.15) is 0 Å². The van der Waals surface area contributed by atoms with Crippen LogP contribution in [0.3, 0.4) is 0 Å². The fourth-order valence-electron chi connectivity index (χ4n) is 8.23. The van der Waals surface area contributed by atoms with Crippen molar-refractivity contribution < 1.29 is 0 Å². The van der Waals surface area contributed by atoms with Crippen LogP contribution in [0.5, 0.6) is 0 Å². The third-order valence-corrected chi connectivity index (χ3v) is 13.1. The van der Waals surface area contributed by atoms with E-state index in [0.717, 1.165) is 5.69 Å². The molecule has 0 N–H and O–H groups in total. The Morgan fingerprint density at radius 3 is 1.60 bits per heavy atom. The summed E-state index contributed by atoms with van der Waals surface area (Å²) in [6.07, 6.45) is 0. The molecule has 0 fully saturated rings. The average molecular weight is 736 g/mol. The zero-order chi connectivity index (χ0) is 36.3. The number of rotatable bonds is 6. The zero-order valence-corrected chi connectivity index (χ0v) is 31.4. The molecule has 0 unspecified atom stereocenters. The highest BCUT2D eigenvalue weighted by Crippen LogP contribution is 2.51. The Hall–Kier alpha value is -6.52. The molecule has 0 bridgehead atoms. The van der Waals surface area contributed by atoms with Crippen molar-refractivity contribution in [2.24, 2.45) is 0 Å². The lowest BCUT2D eigenvalue weighted by Gasteiger charge is -2.28. The van der Waals surface area contributed by atoms with Gasteiger partial charge in [0.15, 0.2) is 0 Å². The largest absolute Gasteiger partial charge is 0.309 e. The Morgan fingerprint density at radius 1 is 0.327 bits per heavy atom. The van der Waals surface area contributed by atoms with E-state index in [1.807, 2.05) is 22.7 Å². The van der Waals surface area contributed by atoms with Gasteiger partial charge in [0.05, 0.1) is 11.4 Å². The lowest BCUT2D eigenvalue weighted by atomic mass is 9.98. The van der Waals surface area contributed by atoms with Gasteiger partial charge >= 0.3 is 0 Å². The van der Waals surface area contributed by atoms with Crippen molar-refractivity contribution in [2.75, 3.05) is 4.90 Å². The number of hydrogen-bond acceptors (Lipinski definition) is 3. The quantitative estimate of drug-likeness (QED) is 0.164. The van der Waals surface area contributed by atoms with Crippen LogP contribution in [-0.4, -0.2) is 0 Å². The predicted molar refractivity (Wildman–Crippen MR) is 241 cm³/mol. The van der Waals surface area contributed by atoms with Crippen LogP contribution in [0.1, 0.15) is 0 Å². The van der Waals surface area contributed by atoms with Crippen LogP contribution in [0.15, 0.2) is 200 Å². The first-order valence-electron chi connectivity index (χ1n) is 18.7. The summed E-state index contributed by atoms with van der Waals surface area (Å²) in [4.78, 5) is 2.53. The van der Waals surface area contributed by atoms with E-state index in [0.29, 0.717) is 0 Å². The van der Waals surface area contributed by atoms with Crippen molar-refractivity contribution in [1.29, 1.82) is 0 Å². The summed E-state index contributed by atoms with van der Waals surface area (Å²) < 4.78 is 5.15. The molecule has 1 nitrogen and oxygen atoms in total. The van der Waals surface area contributed by atoms with E-state index >= 15 is 0 Å². The van der Waals surface area contributed by atoms with Crippen LogP contribution < -0.4 is 4.90 Å². The molecule has 0 saturated heterocycles. The third-order valence-electron chi connectivity index (χ3n) is 10.8. The molecule has 2 aromatic heterocycles. The van der Waals surface area contributed by atoms with Crippen molar-refractivity contribution in [1.82, 2.24) is 0 Å². The van der Waals surface area contributed by atoms with Gasteiger partial charge in [-0.1, -0.05) is 158 Å². The summed E-state index contributed by atoms with van der Waals surface area (Å²) in [5.41, 5.74) is 10.9. The van der Waals surface area contributed by atoms with Crippen LogP contribution in [-0.2, 0) is 0 Å². The van der Waals surface area contributed by atoms with Crippen molar-refractivity contribution >= 4 is 90.9 Å². The molecule has 11 aromatic rings. The van der Waals surface area contributed by atoms with Crippen LogP contribution in [0.25, 0.3) is 84.5 Å². The van der Waals surface area contributed by atoms with Gasteiger partial charge in [-0.2, -0.15) is 0 Å². The van der Waals surface area contributed by atoms with Gasteiger partial charge in [0.25, 0.3) is 0 Å². The first-order valence-corrected chi connectivity index (χ1v) is 20.3. The van der Waals surface area contributed by atoms with Crippen molar-refractivity contribution in [2.45, 2.75) is 0 Å². The summed E-state index contributed by atoms with van der Waals surface area (Å²) in [5, 5.41) is 7.56. The molecule has 0 saturated carbocycles. The summed E-state index contributed by atoms with van der Waals surface area (Å²) >= 11 is 3.78. The molecule has 55 heavy (non-hydrogen) atoms. The van der Waals surface area contributed by atoms with E-state index in [2.05, 4.69) is 205 Å². The predicted octanol–water partition coefficient (Wildman–Crippen LogP) is 16.0. The summed E-state index contributed by atoms with van der Waals surface area (Å²) in [6, 6.07) is 73.4. The third kappa shape index (κ3) is 5.43. The average Bonchev–Trinajstić information content (AvgIpc) is 3.83. The van der Waals surface area contributed by atoms with Gasteiger partial charge in [-0.3, -0.25) is 0 Å². The van der Waals surface area contributed by atoms with Crippen LogP contribution in [0, 0.1) is 0 Å². The molecular weight excluding hydrogens is 703 g/mol. The van der Waals surface area contributed by atoms with E-state index < -0.39 is 0 Å². The summed E-state index contributed by atoms with van der Waals surface area (Å²) in [7, 11) is 0. The molecule has 0 aliphatic rings. The number of fused-ring (bicyclic) bond motifs is 7. The normalized spacial score (nSPS) is 11.6. The highest BCUT2D eigenvalue weighted by molar-refractivity contribution is 7.26. The summed E-state index contributed by atoms with van der Waals surface area (Å²) in [6.45, 7) is 0. The molecule has 0 atom stereocenters. The molecular formula is C52H33NS2. The van der Waals surface area contributed by atoms with Gasteiger partial charge in [0.2, 0.25) is 0 Å².